The lowest BCUT2D eigenvalue weighted by Gasteiger charge is -2.21. The summed E-state index contributed by atoms with van der Waals surface area (Å²) in [6.45, 7) is 0.160. The van der Waals surface area contributed by atoms with E-state index in [0.717, 1.165) is 0 Å². The van der Waals surface area contributed by atoms with Gasteiger partial charge in [-0.05, 0) is 13.5 Å². The summed E-state index contributed by atoms with van der Waals surface area (Å²) in [6, 6.07) is 1.71. The molecular weight excluding hydrogens is 216 g/mol. The molecule has 0 N–H and O–H groups in total. The van der Waals surface area contributed by atoms with Crippen molar-refractivity contribution in [2.75, 3.05) is 25.1 Å². The molecule has 0 radical (unpaired) electrons. The summed E-state index contributed by atoms with van der Waals surface area (Å²) >= 11 is 0. The van der Waals surface area contributed by atoms with Crippen LogP contribution in [-0.4, -0.2) is 50.2 Å². The van der Waals surface area contributed by atoms with Crippen LogP contribution < -0.4 is 0 Å². The van der Waals surface area contributed by atoms with Crippen molar-refractivity contribution in [1.29, 1.82) is 5.26 Å². The number of Topliss-reactive ketones (excluding diaryl/α,β-unsaturated/α-hetero) is 1. The Labute approximate surface area is 89.6 Å². The van der Waals surface area contributed by atoms with Crippen LogP contribution in [0.3, 0.4) is 0 Å². The van der Waals surface area contributed by atoms with Crippen molar-refractivity contribution in [3.05, 3.63) is 0 Å². The Morgan fingerprint density at radius 1 is 1.60 bits per heavy atom. The average molecular weight is 230 g/mol. The first kappa shape index (κ1) is 12.1. The molecule has 0 bridgehead atoms. The minimum Gasteiger partial charge on any atom is -0.297 e. The molecule has 6 heteroatoms. The smallest absolute Gasteiger partial charge is 0.160 e. The largest absolute Gasteiger partial charge is 0.297 e. The summed E-state index contributed by atoms with van der Waals surface area (Å²) in [4.78, 5) is 12.9. The quantitative estimate of drug-likeness (QED) is 0.656. The fourth-order valence-electron chi connectivity index (χ4n) is 1.67. The second-order valence-electron chi connectivity index (χ2n) is 3.85. The Balaban J connectivity index is 2.46. The lowest BCUT2D eigenvalue weighted by molar-refractivity contribution is -0.119. The Hall–Kier alpha value is -0.930. The van der Waals surface area contributed by atoms with E-state index in [9.17, 15) is 13.2 Å². The molecule has 0 saturated carbocycles. The third kappa shape index (κ3) is 3.61. The fourth-order valence-corrected chi connectivity index (χ4v) is 3.48. The normalized spacial score (nSPS) is 23.9. The van der Waals surface area contributed by atoms with Gasteiger partial charge >= 0.3 is 0 Å². The van der Waals surface area contributed by atoms with Crippen molar-refractivity contribution in [1.82, 2.24) is 4.90 Å². The minimum absolute atomic E-state index is 0.0716. The van der Waals surface area contributed by atoms with Crippen molar-refractivity contribution < 1.29 is 13.2 Å². The van der Waals surface area contributed by atoms with Gasteiger partial charge in [-0.2, -0.15) is 5.26 Å². The van der Waals surface area contributed by atoms with E-state index in [4.69, 9.17) is 5.26 Å². The third-order valence-corrected chi connectivity index (χ3v) is 4.28. The van der Waals surface area contributed by atoms with Gasteiger partial charge in [-0.1, -0.05) is 0 Å². The van der Waals surface area contributed by atoms with Crippen LogP contribution in [0.1, 0.15) is 12.8 Å². The monoisotopic (exact) mass is 230 g/mol. The summed E-state index contributed by atoms with van der Waals surface area (Å²) in [5.41, 5.74) is 0. The number of ketones is 1. The van der Waals surface area contributed by atoms with Crippen LogP contribution in [0.2, 0.25) is 0 Å². The zero-order valence-electron chi connectivity index (χ0n) is 8.64. The van der Waals surface area contributed by atoms with Crippen LogP contribution in [-0.2, 0) is 14.6 Å². The van der Waals surface area contributed by atoms with Gasteiger partial charge in [0.25, 0.3) is 0 Å². The Kier molecular flexibility index (Phi) is 3.83. The van der Waals surface area contributed by atoms with E-state index < -0.39 is 9.84 Å². The first-order chi connectivity index (χ1) is 6.94. The Bertz CT molecular complexity index is 383. The van der Waals surface area contributed by atoms with E-state index in [2.05, 4.69) is 0 Å². The highest BCUT2D eigenvalue weighted by Crippen LogP contribution is 2.16. The SMILES string of the molecule is CN(CC(=O)CC#N)C1CCS(=O)(=O)C1. The van der Waals surface area contributed by atoms with Gasteiger partial charge in [0.05, 0.1) is 30.5 Å². The number of carbonyl (C=O) groups is 1. The molecule has 1 aliphatic rings. The van der Waals surface area contributed by atoms with Crippen molar-refractivity contribution in [3.63, 3.8) is 0 Å². The maximum atomic E-state index is 11.2. The molecule has 0 amide bonds. The standard InChI is InChI=1S/C9H14N2O3S/c1-11(6-9(12)2-4-10)8-3-5-15(13,14)7-8/h8H,2-3,5-7H2,1H3. The predicted octanol–water partition coefficient (Wildman–Crippen LogP) is -0.412. The molecule has 0 aromatic rings. The van der Waals surface area contributed by atoms with Gasteiger partial charge in [0.2, 0.25) is 0 Å². The summed E-state index contributed by atoms with van der Waals surface area (Å²) < 4.78 is 22.4. The third-order valence-electron chi connectivity index (χ3n) is 2.53. The van der Waals surface area contributed by atoms with Crippen LogP contribution >= 0.6 is 0 Å². The molecule has 0 spiro atoms. The Morgan fingerprint density at radius 3 is 2.73 bits per heavy atom. The predicted molar refractivity (Wildman–Crippen MR) is 54.9 cm³/mol. The van der Waals surface area contributed by atoms with Gasteiger partial charge in [0, 0.05) is 6.04 Å². The van der Waals surface area contributed by atoms with E-state index >= 15 is 0 Å². The summed E-state index contributed by atoms with van der Waals surface area (Å²) in [7, 11) is -1.18. The number of nitriles is 1. The second-order valence-corrected chi connectivity index (χ2v) is 6.07. The van der Waals surface area contributed by atoms with Crippen LogP contribution in [0, 0.1) is 11.3 Å². The molecular formula is C9H14N2O3S. The molecule has 1 unspecified atom stereocenters. The zero-order valence-corrected chi connectivity index (χ0v) is 9.46. The topological polar surface area (TPSA) is 78.2 Å². The van der Waals surface area contributed by atoms with Gasteiger partial charge in [-0.25, -0.2) is 8.42 Å². The van der Waals surface area contributed by atoms with Gasteiger partial charge in [0.1, 0.15) is 0 Å². The van der Waals surface area contributed by atoms with Crippen LogP contribution in [0.5, 0.6) is 0 Å². The molecule has 0 aromatic heterocycles. The molecule has 1 atom stereocenters. The summed E-state index contributed by atoms with van der Waals surface area (Å²) in [6.07, 6.45) is 0.475. The highest BCUT2D eigenvalue weighted by Gasteiger charge is 2.30. The van der Waals surface area contributed by atoms with Crippen molar-refractivity contribution in [2.24, 2.45) is 0 Å². The van der Waals surface area contributed by atoms with E-state index in [1.54, 1.807) is 18.0 Å². The number of likely N-dealkylation sites (N-methyl/N-ethyl adjacent to an activating group) is 1. The highest BCUT2D eigenvalue weighted by molar-refractivity contribution is 7.91. The first-order valence-electron chi connectivity index (χ1n) is 4.74. The van der Waals surface area contributed by atoms with E-state index in [-0.39, 0.29) is 36.3 Å². The lowest BCUT2D eigenvalue weighted by atomic mass is 10.2. The van der Waals surface area contributed by atoms with Gasteiger partial charge in [-0.15, -0.1) is 0 Å². The van der Waals surface area contributed by atoms with Crippen LogP contribution in [0.4, 0.5) is 0 Å². The maximum Gasteiger partial charge on any atom is 0.160 e. The van der Waals surface area contributed by atoms with E-state index in [1.165, 1.54) is 0 Å². The van der Waals surface area contributed by atoms with E-state index in [0.29, 0.717) is 6.42 Å². The van der Waals surface area contributed by atoms with Gasteiger partial charge in [0.15, 0.2) is 15.6 Å². The van der Waals surface area contributed by atoms with Gasteiger partial charge in [-0.3, -0.25) is 9.69 Å². The number of carbonyl (C=O) groups excluding carboxylic acids is 1. The molecule has 1 saturated heterocycles. The zero-order chi connectivity index (χ0) is 11.5. The van der Waals surface area contributed by atoms with Crippen LogP contribution in [0.15, 0.2) is 0 Å². The molecule has 0 aromatic carbocycles. The number of sulfone groups is 1. The molecule has 0 aliphatic carbocycles. The molecule has 84 valence electrons. The van der Waals surface area contributed by atoms with E-state index in [1.807, 2.05) is 0 Å². The molecule has 1 fully saturated rings. The Morgan fingerprint density at radius 2 is 2.27 bits per heavy atom. The van der Waals surface area contributed by atoms with Crippen molar-refractivity contribution >= 4 is 15.6 Å². The number of nitrogens with zero attached hydrogens (tertiary/aromatic N) is 2. The molecule has 1 heterocycles. The maximum absolute atomic E-state index is 11.2. The molecule has 5 nitrogen and oxygen atoms in total. The highest BCUT2D eigenvalue weighted by atomic mass is 32.2. The van der Waals surface area contributed by atoms with Crippen molar-refractivity contribution in [3.8, 4) is 6.07 Å². The van der Waals surface area contributed by atoms with Gasteiger partial charge < -0.3 is 0 Å². The van der Waals surface area contributed by atoms with Crippen LogP contribution in [0.25, 0.3) is 0 Å². The first-order valence-corrected chi connectivity index (χ1v) is 6.56. The minimum atomic E-state index is -2.91. The number of rotatable bonds is 4. The van der Waals surface area contributed by atoms with Crippen molar-refractivity contribution in [2.45, 2.75) is 18.9 Å². The average Bonchev–Trinajstić information content (AvgIpc) is 2.46. The number of hydrogen-bond acceptors (Lipinski definition) is 5. The fraction of sp³-hybridized carbons (Fsp3) is 0.778. The molecule has 15 heavy (non-hydrogen) atoms. The molecule has 1 aliphatic heterocycles. The summed E-state index contributed by atoms with van der Waals surface area (Å²) in [5.74, 6) is 0.168. The lowest BCUT2D eigenvalue weighted by Crippen LogP contribution is -2.36. The number of hydrogen-bond donors (Lipinski definition) is 0. The second kappa shape index (κ2) is 4.73. The molecule has 1 rings (SSSR count). The summed E-state index contributed by atoms with van der Waals surface area (Å²) in [5, 5.41) is 8.31.